The fourth-order valence-electron chi connectivity index (χ4n) is 1.39. The van der Waals surface area contributed by atoms with Gasteiger partial charge >= 0.3 is 12.0 Å². The van der Waals surface area contributed by atoms with E-state index in [4.69, 9.17) is 5.11 Å². The normalized spacial score (nSPS) is 10.9. The fraction of sp³-hybridized carbons (Fsp3) is 0.308. The molecule has 114 valence electrons. The van der Waals surface area contributed by atoms with Gasteiger partial charge in [-0.05, 0) is 26.0 Å². The van der Waals surface area contributed by atoms with Crippen LogP contribution in [0.3, 0.4) is 0 Å². The first-order valence-corrected chi connectivity index (χ1v) is 5.91. The summed E-state index contributed by atoms with van der Waals surface area (Å²) in [6.07, 6.45) is -0.429. The van der Waals surface area contributed by atoms with Gasteiger partial charge in [-0.2, -0.15) is 0 Å². The summed E-state index contributed by atoms with van der Waals surface area (Å²) in [6, 6.07) is 1.47. The molecule has 1 aromatic carbocycles. The minimum absolute atomic E-state index is 0.306. The summed E-state index contributed by atoms with van der Waals surface area (Å²) in [6.45, 7) is 2.65. The van der Waals surface area contributed by atoms with Gasteiger partial charge in [0.2, 0.25) is 5.91 Å². The minimum atomic E-state index is -1.34. The van der Waals surface area contributed by atoms with E-state index in [1.807, 2.05) is 10.6 Å². The second-order valence-electron chi connectivity index (χ2n) is 4.99. The van der Waals surface area contributed by atoms with Crippen molar-refractivity contribution in [1.82, 2.24) is 5.32 Å². The van der Waals surface area contributed by atoms with Crippen molar-refractivity contribution < 1.29 is 28.3 Å². The van der Waals surface area contributed by atoms with Crippen molar-refractivity contribution in [3.05, 3.63) is 29.8 Å². The van der Waals surface area contributed by atoms with E-state index in [1.165, 1.54) is 13.8 Å². The van der Waals surface area contributed by atoms with Gasteiger partial charge in [-0.25, -0.2) is 13.6 Å². The van der Waals surface area contributed by atoms with Gasteiger partial charge in [0.15, 0.2) is 0 Å². The molecule has 0 heterocycles. The van der Waals surface area contributed by atoms with Crippen LogP contribution in [-0.4, -0.2) is 23.0 Å². The molecule has 0 saturated carbocycles. The van der Waals surface area contributed by atoms with Crippen molar-refractivity contribution in [2.24, 2.45) is 5.41 Å². The van der Waals surface area contributed by atoms with Crippen molar-refractivity contribution in [2.75, 3.05) is 5.32 Å². The van der Waals surface area contributed by atoms with E-state index in [2.05, 4.69) is 0 Å². The molecule has 0 saturated heterocycles. The number of aliphatic carboxylic acids is 1. The molecule has 0 unspecified atom stereocenters. The summed E-state index contributed by atoms with van der Waals surface area (Å²) in [7, 11) is 0. The molecular weight excluding hydrogens is 286 g/mol. The summed E-state index contributed by atoms with van der Waals surface area (Å²) >= 11 is 0. The van der Waals surface area contributed by atoms with E-state index >= 15 is 0 Å². The summed E-state index contributed by atoms with van der Waals surface area (Å²) in [5.74, 6) is -3.83. The first-order valence-electron chi connectivity index (χ1n) is 5.91. The summed E-state index contributed by atoms with van der Waals surface area (Å²) in [5, 5.41) is 12.7. The van der Waals surface area contributed by atoms with E-state index in [1.54, 1.807) is 0 Å². The molecule has 3 amide bonds. The molecule has 0 fully saturated rings. The summed E-state index contributed by atoms with van der Waals surface area (Å²) in [4.78, 5) is 33.8. The molecule has 0 aliphatic rings. The highest BCUT2D eigenvalue weighted by atomic mass is 19.1. The number of carboxylic acid groups (broad SMARTS) is 1. The third kappa shape index (κ3) is 4.83. The molecule has 0 aliphatic carbocycles. The number of anilines is 1. The number of benzene rings is 1. The molecule has 0 aliphatic heterocycles. The Morgan fingerprint density at radius 1 is 1.24 bits per heavy atom. The first kappa shape index (κ1) is 16.5. The third-order valence-corrected chi connectivity index (χ3v) is 2.61. The van der Waals surface area contributed by atoms with Crippen LogP contribution in [0.2, 0.25) is 0 Å². The SMILES string of the molecule is CC(C)(CC(=O)NC(=O)Nc1ccc(F)cc1F)C(=O)O. The Morgan fingerprint density at radius 2 is 1.86 bits per heavy atom. The van der Waals surface area contributed by atoms with Crippen LogP contribution in [0.4, 0.5) is 19.3 Å². The predicted octanol–water partition coefficient (Wildman–Crippen LogP) is 2.11. The number of hydrogen-bond donors (Lipinski definition) is 3. The van der Waals surface area contributed by atoms with Crippen molar-refractivity contribution >= 4 is 23.6 Å². The quantitative estimate of drug-likeness (QED) is 0.793. The van der Waals surface area contributed by atoms with Crippen molar-refractivity contribution in [3.8, 4) is 0 Å². The van der Waals surface area contributed by atoms with Crippen LogP contribution in [0.1, 0.15) is 20.3 Å². The number of urea groups is 1. The number of rotatable bonds is 4. The maximum absolute atomic E-state index is 13.3. The first-order chi connectivity index (χ1) is 9.61. The number of carboxylic acids is 1. The average molecular weight is 300 g/mol. The van der Waals surface area contributed by atoms with Gasteiger partial charge in [-0.1, -0.05) is 0 Å². The van der Waals surface area contributed by atoms with Crippen LogP contribution < -0.4 is 10.6 Å². The largest absolute Gasteiger partial charge is 0.481 e. The van der Waals surface area contributed by atoms with E-state index in [0.717, 1.165) is 12.1 Å². The predicted molar refractivity (Wildman–Crippen MR) is 69.6 cm³/mol. The Morgan fingerprint density at radius 3 is 2.38 bits per heavy atom. The molecule has 1 aromatic rings. The van der Waals surface area contributed by atoms with Gasteiger partial charge in [-0.15, -0.1) is 0 Å². The highest BCUT2D eigenvalue weighted by Crippen LogP contribution is 2.20. The molecule has 6 nitrogen and oxygen atoms in total. The van der Waals surface area contributed by atoms with Crippen LogP contribution in [0.5, 0.6) is 0 Å². The van der Waals surface area contributed by atoms with Crippen LogP contribution in [0.25, 0.3) is 0 Å². The molecule has 21 heavy (non-hydrogen) atoms. The minimum Gasteiger partial charge on any atom is -0.481 e. The fourth-order valence-corrected chi connectivity index (χ4v) is 1.39. The lowest BCUT2D eigenvalue weighted by Crippen LogP contribution is -2.38. The van der Waals surface area contributed by atoms with E-state index in [0.29, 0.717) is 6.07 Å². The number of hydrogen-bond acceptors (Lipinski definition) is 3. The molecule has 3 N–H and O–H groups in total. The molecule has 1 rings (SSSR count). The van der Waals surface area contributed by atoms with Gasteiger partial charge in [0.1, 0.15) is 11.6 Å². The van der Waals surface area contributed by atoms with Gasteiger partial charge in [0.25, 0.3) is 0 Å². The Labute approximate surface area is 119 Å². The Balaban J connectivity index is 2.61. The zero-order valence-corrected chi connectivity index (χ0v) is 11.4. The van der Waals surface area contributed by atoms with Gasteiger partial charge in [-0.3, -0.25) is 14.9 Å². The monoisotopic (exact) mass is 300 g/mol. The van der Waals surface area contributed by atoms with Gasteiger partial charge < -0.3 is 10.4 Å². The molecule has 0 radical (unpaired) electrons. The Kier molecular flexibility index (Phi) is 4.96. The van der Waals surface area contributed by atoms with Crippen LogP contribution >= 0.6 is 0 Å². The lowest BCUT2D eigenvalue weighted by Gasteiger charge is -2.17. The highest BCUT2D eigenvalue weighted by Gasteiger charge is 2.30. The Hall–Kier alpha value is -2.51. The van der Waals surface area contributed by atoms with Crippen LogP contribution in [0.15, 0.2) is 18.2 Å². The Bertz CT molecular complexity index is 588. The summed E-state index contributed by atoms with van der Waals surface area (Å²) in [5.41, 5.74) is -1.65. The maximum atomic E-state index is 13.3. The van der Waals surface area contributed by atoms with E-state index in [9.17, 15) is 23.2 Å². The number of carbonyl (C=O) groups excluding carboxylic acids is 2. The zero-order valence-electron chi connectivity index (χ0n) is 11.4. The van der Waals surface area contributed by atoms with Crippen molar-refractivity contribution in [3.63, 3.8) is 0 Å². The molecular formula is C13H14F2N2O4. The number of halogens is 2. The van der Waals surface area contributed by atoms with E-state index in [-0.39, 0.29) is 5.69 Å². The van der Waals surface area contributed by atoms with Crippen molar-refractivity contribution in [1.29, 1.82) is 0 Å². The second kappa shape index (κ2) is 6.29. The standard InChI is InChI=1S/C13H14F2N2O4/c1-13(2,11(19)20)6-10(18)17-12(21)16-9-4-3-7(14)5-8(9)15/h3-5H,6H2,1-2H3,(H,19,20)(H2,16,17,18,21). The lowest BCUT2D eigenvalue weighted by atomic mass is 9.89. The lowest BCUT2D eigenvalue weighted by molar-refractivity contribution is -0.149. The maximum Gasteiger partial charge on any atom is 0.325 e. The highest BCUT2D eigenvalue weighted by molar-refractivity contribution is 6.02. The number of amides is 3. The van der Waals surface area contributed by atoms with Crippen LogP contribution in [-0.2, 0) is 9.59 Å². The summed E-state index contributed by atoms with van der Waals surface area (Å²) < 4.78 is 26.0. The topological polar surface area (TPSA) is 95.5 Å². The zero-order chi connectivity index (χ0) is 16.2. The molecule has 0 bridgehead atoms. The van der Waals surface area contributed by atoms with Gasteiger partial charge in [0, 0.05) is 12.5 Å². The molecule has 0 aromatic heterocycles. The van der Waals surface area contributed by atoms with Gasteiger partial charge in [0.05, 0.1) is 11.1 Å². The molecule has 0 atom stereocenters. The number of nitrogens with one attached hydrogen (secondary N) is 2. The third-order valence-electron chi connectivity index (χ3n) is 2.61. The van der Waals surface area contributed by atoms with E-state index < -0.39 is 41.4 Å². The van der Waals surface area contributed by atoms with Crippen molar-refractivity contribution in [2.45, 2.75) is 20.3 Å². The molecule has 0 spiro atoms. The average Bonchev–Trinajstić information content (AvgIpc) is 2.31. The number of carbonyl (C=O) groups is 3. The second-order valence-corrected chi connectivity index (χ2v) is 4.99. The molecule has 8 heteroatoms. The number of imide groups is 1. The smallest absolute Gasteiger partial charge is 0.325 e. The van der Waals surface area contributed by atoms with Crippen LogP contribution in [0, 0.1) is 17.0 Å².